The number of anilines is 1. The summed E-state index contributed by atoms with van der Waals surface area (Å²) in [5.41, 5.74) is 2.97. The molecule has 3 aromatic rings. The number of carbonyl (C=O) groups excluding carboxylic acids is 2. The predicted molar refractivity (Wildman–Crippen MR) is 113 cm³/mol. The zero-order chi connectivity index (χ0) is 20.6. The highest BCUT2D eigenvalue weighted by atomic mass is 32.1. The van der Waals surface area contributed by atoms with Crippen molar-refractivity contribution in [1.82, 2.24) is 4.98 Å². The Bertz CT molecular complexity index is 965. The lowest BCUT2D eigenvalue weighted by molar-refractivity contribution is -0.119. The summed E-state index contributed by atoms with van der Waals surface area (Å²) in [6.45, 7) is 4.18. The molecule has 150 valence electrons. The van der Waals surface area contributed by atoms with Crippen molar-refractivity contribution < 1.29 is 19.1 Å². The number of thiazole rings is 1. The number of nitrogens with one attached hydrogen (secondary N) is 1. The van der Waals surface area contributed by atoms with Crippen LogP contribution >= 0.6 is 11.3 Å². The van der Waals surface area contributed by atoms with E-state index >= 15 is 0 Å². The van der Waals surface area contributed by atoms with Gasteiger partial charge in [0, 0.05) is 16.6 Å². The van der Waals surface area contributed by atoms with Gasteiger partial charge in [-0.2, -0.15) is 0 Å². The summed E-state index contributed by atoms with van der Waals surface area (Å²) in [5.74, 6) is -0.326. The van der Waals surface area contributed by atoms with E-state index in [-0.39, 0.29) is 12.3 Å². The summed E-state index contributed by atoms with van der Waals surface area (Å²) in [5, 5.41) is 5.04. The number of ether oxygens (including phenoxy) is 2. The molecule has 0 bridgehead atoms. The maximum absolute atomic E-state index is 12.2. The van der Waals surface area contributed by atoms with Gasteiger partial charge in [0.2, 0.25) is 0 Å². The van der Waals surface area contributed by atoms with Crippen LogP contribution < -0.4 is 10.1 Å². The Hall–Kier alpha value is -3.19. The van der Waals surface area contributed by atoms with Crippen molar-refractivity contribution in [2.75, 3.05) is 18.5 Å². The van der Waals surface area contributed by atoms with Gasteiger partial charge in [0.15, 0.2) is 12.3 Å². The third kappa shape index (κ3) is 5.65. The summed E-state index contributed by atoms with van der Waals surface area (Å²) in [7, 11) is 0. The summed E-state index contributed by atoms with van der Waals surface area (Å²) in [6, 6.07) is 15.0. The van der Waals surface area contributed by atoms with Crippen molar-refractivity contribution in [1.29, 1.82) is 0 Å². The second-order valence-electron chi connectivity index (χ2n) is 6.17. The zero-order valence-electron chi connectivity index (χ0n) is 16.3. The number of esters is 1. The Morgan fingerprint density at radius 1 is 1.03 bits per heavy atom. The molecule has 0 spiro atoms. The summed E-state index contributed by atoms with van der Waals surface area (Å²) < 4.78 is 10.4. The van der Waals surface area contributed by atoms with Crippen LogP contribution in [0.15, 0.2) is 53.9 Å². The van der Waals surface area contributed by atoms with Crippen LogP contribution in [-0.4, -0.2) is 30.1 Å². The van der Waals surface area contributed by atoms with Crippen molar-refractivity contribution in [3.63, 3.8) is 0 Å². The molecule has 0 saturated carbocycles. The topological polar surface area (TPSA) is 77.5 Å². The van der Waals surface area contributed by atoms with Gasteiger partial charge in [-0.25, -0.2) is 9.78 Å². The molecule has 1 amide bonds. The van der Waals surface area contributed by atoms with Gasteiger partial charge >= 0.3 is 5.97 Å². The van der Waals surface area contributed by atoms with Crippen molar-refractivity contribution in [2.24, 2.45) is 0 Å². The second kappa shape index (κ2) is 9.84. The molecular formula is C22H22N2O4S. The van der Waals surface area contributed by atoms with E-state index in [9.17, 15) is 9.59 Å². The van der Waals surface area contributed by atoms with E-state index in [4.69, 9.17) is 9.47 Å². The lowest BCUT2D eigenvalue weighted by Gasteiger charge is -2.07. The molecule has 1 N–H and O–H groups in total. The molecule has 0 radical (unpaired) electrons. The average Bonchev–Trinajstić information content (AvgIpc) is 3.24. The van der Waals surface area contributed by atoms with E-state index in [1.54, 1.807) is 29.6 Å². The van der Waals surface area contributed by atoms with E-state index in [1.807, 2.05) is 31.2 Å². The SMILES string of the molecule is CCOc1ccc(NC(=O)COC(=O)c2csc(-c3ccc(CC)cc3)n2)cc1. The molecule has 0 unspecified atom stereocenters. The molecule has 0 aliphatic carbocycles. The zero-order valence-corrected chi connectivity index (χ0v) is 17.1. The van der Waals surface area contributed by atoms with Crippen LogP contribution in [0, 0.1) is 0 Å². The first kappa shape index (κ1) is 20.5. The van der Waals surface area contributed by atoms with Gasteiger partial charge in [-0.05, 0) is 43.2 Å². The van der Waals surface area contributed by atoms with Crippen molar-refractivity contribution in [3.8, 4) is 16.3 Å². The monoisotopic (exact) mass is 410 g/mol. The maximum Gasteiger partial charge on any atom is 0.358 e. The maximum atomic E-state index is 12.2. The Labute approximate surface area is 173 Å². The molecule has 6 nitrogen and oxygen atoms in total. The van der Waals surface area contributed by atoms with Gasteiger partial charge < -0.3 is 14.8 Å². The fourth-order valence-electron chi connectivity index (χ4n) is 2.59. The van der Waals surface area contributed by atoms with Crippen LogP contribution in [-0.2, 0) is 16.0 Å². The van der Waals surface area contributed by atoms with E-state index in [0.29, 0.717) is 12.3 Å². The average molecular weight is 410 g/mol. The molecule has 2 aromatic carbocycles. The Balaban J connectivity index is 1.52. The molecule has 0 atom stereocenters. The predicted octanol–water partition coefficient (Wildman–Crippen LogP) is 4.57. The number of carbonyl (C=O) groups is 2. The number of aryl methyl sites for hydroxylation is 1. The smallest absolute Gasteiger partial charge is 0.358 e. The number of benzene rings is 2. The largest absolute Gasteiger partial charge is 0.494 e. The number of rotatable bonds is 8. The van der Waals surface area contributed by atoms with Crippen LogP contribution in [0.1, 0.15) is 29.9 Å². The number of nitrogens with zero attached hydrogens (tertiary/aromatic N) is 1. The summed E-state index contributed by atoms with van der Waals surface area (Å²) in [4.78, 5) is 28.5. The Kier molecular flexibility index (Phi) is 6.97. The van der Waals surface area contributed by atoms with E-state index < -0.39 is 11.9 Å². The van der Waals surface area contributed by atoms with Gasteiger partial charge in [-0.15, -0.1) is 11.3 Å². The highest BCUT2D eigenvalue weighted by Crippen LogP contribution is 2.24. The van der Waals surface area contributed by atoms with E-state index in [2.05, 4.69) is 17.2 Å². The molecule has 29 heavy (non-hydrogen) atoms. The third-order valence-corrected chi connectivity index (χ3v) is 5.00. The molecule has 0 fully saturated rings. The summed E-state index contributed by atoms with van der Waals surface area (Å²) in [6.07, 6.45) is 0.967. The van der Waals surface area contributed by atoms with Crippen molar-refractivity contribution >= 4 is 28.9 Å². The standard InChI is InChI=1S/C22H22N2O4S/c1-3-15-5-7-16(8-6-15)21-24-19(14-29-21)22(26)28-13-20(25)23-17-9-11-18(12-10-17)27-4-2/h5-12,14H,3-4,13H2,1-2H3,(H,23,25). The van der Waals surface area contributed by atoms with Crippen molar-refractivity contribution in [2.45, 2.75) is 20.3 Å². The van der Waals surface area contributed by atoms with E-state index in [0.717, 1.165) is 22.7 Å². The number of amides is 1. The van der Waals surface area contributed by atoms with Gasteiger partial charge in [0.25, 0.3) is 5.91 Å². The molecule has 3 rings (SSSR count). The minimum Gasteiger partial charge on any atom is -0.494 e. The first-order valence-electron chi connectivity index (χ1n) is 9.33. The second-order valence-corrected chi connectivity index (χ2v) is 7.03. The van der Waals surface area contributed by atoms with Gasteiger partial charge in [-0.3, -0.25) is 4.79 Å². The summed E-state index contributed by atoms with van der Waals surface area (Å²) >= 11 is 1.36. The number of hydrogen-bond acceptors (Lipinski definition) is 6. The molecule has 0 aliphatic heterocycles. The lowest BCUT2D eigenvalue weighted by Crippen LogP contribution is -2.21. The fourth-order valence-corrected chi connectivity index (χ4v) is 3.38. The van der Waals surface area contributed by atoms with Crippen LogP contribution in [0.3, 0.4) is 0 Å². The van der Waals surface area contributed by atoms with Gasteiger partial charge in [0.05, 0.1) is 6.61 Å². The van der Waals surface area contributed by atoms with Crippen molar-refractivity contribution in [3.05, 3.63) is 65.2 Å². The minimum absolute atomic E-state index is 0.193. The molecular weight excluding hydrogens is 388 g/mol. The number of hydrogen-bond donors (Lipinski definition) is 1. The van der Waals surface area contributed by atoms with Crippen LogP contribution in [0.25, 0.3) is 10.6 Å². The first-order chi connectivity index (χ1) is 14.1. The molecule has 1 heterocycles. The fraction of sp³-hybridized carbons (Fsp3) is 0.227. The molecule has 0 saturated heterocycles. The lowest BCUT2D eigenvalue weighted by atomic mass is 10.1. The normalized spacial score (nSPS) is 10.4. The molecule has 0 aliphatic rings. The Morgan fingerprint density at radius 3 is 2.41 bits per heavy atom. The van der Waals surface area contributed by atoms with E-state index in [1.165, 1.54) is 16.9 Å². The first-order valence-corrected chi connectivity index (χ1v) is 10.2. The minimum atomic E-state index is -0.625. The quantitative estimate of drug-likeness (QED) is 0.551. The van der Waals surface area contributed by atoms with Crippen LogP contribution in [0.4, 0.5) is 5.69 Å². The van der Waals surface area contributed by atoms with Gasteiger partial charge in [-0.1, -0.05) is 31.2 Å². The number of aromatic nitrogens is 1. The molecule has 7 heteroatoms. The third-order valence-electron chi connectivity index (χ3n) is 4.11. The highest BCUT2D eigenvalue weighted by molar-refractivity contribution is 7.13. The van der Waals surface area contributed by atoms with Crippen LogP contribution in [0.2, 0.25) is 0 Å². The Morgan fingerprint density at radius 2 is 1.76 bits per heavy atom. The molecule has 1 aromatic heterocycles. The van der Waals surface area contributed by atoms with Crippen LogP contribution in [0.5, 0.6) is 5.75 Å². The highest BCUT2D eigenvalue weighted by Gasteiger charge is 2.15. The van der Waals surface area contributed by atoms with Gasteiger partial charge in [0.1, 0.15) is 10.8 Å².